The Kier molecular flexibility index (Phi) is 4.84. The fourth-order valence-corrected chi connectivity index (χ4v) is 1.82. The fourth-order valence-electron chi connectivity index (χ4n) is 1.52. The van der Waals surface area contributed by atoms with Crippen LogP contribution in [-0.4, -0.2) is 17.8 Å². The van der Waals surface area contributed by atoms with Crippen LogP contribution in [0.1, 0.15) is 13.8 Å². The molecule has 1 aromatic carbocycles. The van der Waals surface area contributed by atoms with E-state index in [0.717, 1.165) is 11.4 Å². The van der Waals surface area contributed by atoms with Crippen molar-refractivity contribution in [3.63, 3.8) is 0 Å². The summed E-state index contributed by atoms with van der Waals surface area (Å²) in [6.45, 7) is 3.35. The van der Waals surface area contributed by atoms with Crippen LogP contribution in [0.15, 0.2) is 41.6 Å². The maximum Gasteiger partial charge on any atom is 0.164 e. The smallest absolute Gasteiger partial charge is 0.164 e. The maximum atomic E-state index is 11.6. The van der Waals surface area contributed by atoms with Gasteiger partial charge in [-0.1, -0.05) is 30.4 Å². The molecule has 0 aliphatic heterocycles. The lowest BCUT2D eigenvalue weighted by Gasteiger charge is -2.12. The van der Waals surface area contributed by atoms with Crippen LogP contribution in [0.5, 0.6) is 0 Å². The molecule has 0 unspecified atom stereocenters. The quantitative estimate of drug-likeness (QED) is 0.634. The van der Waals surface area contributed by atoms with Gasteiger partial charge in [0.25, 0.3) is 0 Å². The first-order valence-corrected chi connectivity index (χ1v) is 5.73. The molecule has 2 N–H and O–H groups in total. The molecule has 0 fully saturated rings. The molecule has 0 atom stereocenters. The number of carbonyl (C=O) groups excluding carboxylic acids is 1. The van der Waals surface area contributed by atoms with Crippen LogP contribution in [0, 0.1) is 0 Å². The molecule has 3 nitrogen and oxygen atoms in total. The minimum atomic E-state index is -0.0507. The summed E-state index contributed by atoms with van der Waals surface area (Å²) in [6, 6.07) is 9.67. The van der Waals surface area contributed by atoms with Crippen LogP contribution in [-0.2, 0) is 4.79 Å². The van der Waals surface area contributed by atoms with Crippen LogP contribution in [0.25, 0.3) is 0 Å². The fraction of sp³-hybridized carbons (Fsp3) is 0.231. The highest BCUT2D eigenvalue weighted by Gasteiger charge is 2.12. The lowest BCUT2D eigenvalue weighted by atomic mass is 10.1. The largest absolute Gasteiger partial charge is 0.379 e. The summed E-state index contributed by atoms with van der Waals surface area (Å²) in [4.78, 5) is 12.0. The number of Topliss-reactive ketones (excluding diaryl/α,β-unsaturated/α-hetero) is 1. The number of anilines is 1. The van der Waals surface area contributed by atoms with E-state index >= 15 is 0 Å². The molecule has 0 bridgehead atoms. The second kappa shape index (κ2) is 6.15. The summed E-state index contributed by atoms with van der Waals surface area (Å²) in [7, 11) is 1.71. The van der Waals surface area contributed by atoms with Crippen molar-refractivity contribution in [2.24, 2.45) is 0 Å². The molecule has 0 radical (unpaired) electrons. The predicted octanol–water partition coefficient (Wildman–Crippen LogP) is 2.51. The lowest BCUT2D eigenvalue weighted by molar-refractivity contribution is -0.113. The molecule has 1 rings (SSSR count). The van der Waals surface area contributed by atoms with Crippen molar-refractivity contribution in [1.29, 1.82) is 0 Å². The van der Waals surface area contributed by atoms with Crippen molar-refractivity contribution in [3.8, 4) is 0 Å². The molecular formula is C13H16N2OS. The van der Waals surface area contributed by atoms with Crippen LogP contribution in [0.3, 0.4) is 0 Å². The molecule has 4 heteroatoms. The molecule has 1 aromatic rings. The van der Waals surface area contributed by atoms with Gasteiger partial charge in [0.1, 0.15) is 4.99 Å². The van der Waals surface area contributed by atoms with Gasteiger partial charge in [0.15, 0.2) is 5.78 Å². The van der Waals surface area contributed by atoms with Gasteiger partial charge < -0.3 is 10.6 Å². The lowest BCUT2D eigenvalue weighted by Crippen LogP contribution is -2.24. The van der Waals surface area contributed by atoms with Crippen molar-refractivity contribution in [2.75, 3.05) is 12.4 Å². The minimum absolute atomic E-state index is 0.0507. The molecular weight excluding hydrogens is 232 g/mol. The van der Waals surface area contributed by atoms with Gasteiger partial charge in [-0.25, -0.2) is 0 Å². The standard InChI is InChI=1S/C13H16N2OS/c1-9(12(10(2)16)13(17)14-3)15-11-7-5-4-6-8-11/h4-8,15H,1-3H3,(H,14,17)/b12-9-. The number of nitrogens with one attached hydrogen (secondary N) is 2. The van der Waals surface area contributed by atoms with Crippen LogP contribution in [0.4, 0.5) is 5.69 Å². The van der Waals surface area contributed by atoms with E-state index in [1.807, 2.05) is 37.3 Å². The average Bonchev–Trinajstić information content (AvgIpc) is 2.29. The number of thiocarbonyl (C=S) groups is 1. The number of likely N-dealkylation sites (N-methyl/N-ethyl adjacent to an activating group) is 1. The maximum absolute atomic E-state index is 11.6. The second-order valence-electron chi connectivity index (χ2n) is 3.63. The van der Waals surface area contributed by atoms with Crippen molar-refractivity contribution in [3.05, 3.63) is 41.6 Å². The van der Waals surface area contributed by atoms with E-state index < -0.39 is 0 Å². The van der Waals surface area contributed by atoms with E-state index in [2.05, 4.69) is 10.6 Å². The topological polar surface area (TPSA) is 41.1 Å². The predicted molar refractivity (Wildman–Crippen MR) is 75.1 cm³/mol. The molecule has 0 aliphatic rings. The molecule has 90 valence electrons. The number of ketones is 1. The van der Waals surface area contributed by atoms with E-state index in [4.69, 9.17) is 12.2 Å². The summed E-state index contributed by atoms with van der Waals surface area (Å²) in [6.07, 6.45) is 0. The monoisotopic (exact) mass is 248 g/mol. The van der Waals surface area contributed by atoms with Gasteiger partial charge in [-0.15, -0.1) is 0 Å². The normalized spacial score (nSPS) is 11.5. The molecule has 17 heavy (non-hydrogen) atoms. The summed E-state index contributed by atoms with van der Waals surface area (Å²) in [5.41, 5.74) is 2.21. The van der Waals surface area contributed by atoms with Crippen LogP contribution < -0.4 is 10.6 Å². The number of hydrogen-bond donors (Lipinski definition) is 2. The second-order valence-corrected chi connectivity index (χ2v) is 4.03. The Balaban J connectivity index is 3.01. The number of rotatable bonds is 4. The Morgan fingerprint density at radius 1 is 1.18 bits per heavy atom. The molecule has 0 saturated carbocycles. The van der Waals surface area contributed by atoms with E-state index in [-0.39, 0.29) is 5.78 Å². The van der Waals surface area contributed by atoms with E-state index in [1.165, 1.54) is 6.92 Å². The summed E-state index contributed by atoms with van der Waals surface area (Å²) in [5, 5.41) is 6.00. The number of allylic oxidation sites excluding steroid dienone is 1. The highest BCUT2D eigenvalue weighted by Crippen LogP contribution is 2.13. The molecule has 0 amide bonds. The first-order chi connectivity index (χ1) is 8.06. The third kappa shape index (κ3) is 3.67. The Bertz CT molecular complexity index is 452. The Morgan fingerprint density at radius 2 is 1.76 bits per heavy atom. The van der Waals surface area contributed by atoms with E-state index in [1.54, 1.807) is 7.05 Å². The van der Waals surface area contributed by atoms with Crippen LogP contribution >= 0.6 is 12.2 Å². The number of carbonyl (C=O) groups is 1. The van der Waals surface area contributed by atoms with E-state index in [0.29, 0.717) is 10.6 Å². The Hall–Kier alpha value is -1.68. The number of hydrogen-bond acceptors (Lipinski definition) is 3. The SMILES string of the molecule is CNC(=S)/C(C(C)=O)=C(/C)Nc1ccccc1. The van der Waals surface area contributed by atoms with Gasteiger partial charge in [-0.3, -0.25) is 4.79 Å². The van der Waals surface area contributed by atoms with E-state index in [9.17, 15) is 4.79 Å². The first kappa shape index (κ1) is 13.4. The zero-order valence-electron chi connectivity index (χ0n) is 10.2. The van der Waals surface area contributed by atoms with Gasteiger partial charge in [-0.05, 0) is 26.0 Å². The highest BCUT2D eigenvalue weighted by molar-refractivity contribution is 7.80. The number of benzene rings is 1. The minimum Gasteiger partial charge on any atom is -0.379 e. The van der Waals surface area contributed by atoms with Gasteiger partial charge in [0.05, 0.1) is 5.57 Å². The summed E-state index contributed by atoms with van der Waals surface area (Å²) >= 11 is 5.12. The molecule has 0 heterocycles. The van der Waals surface area contributed by atoms with Gasteiger partial charge >= 0.3 is 0 Å². The van der Waals surface area contributed by atoms with Crippen molar-refractivity contribution >= 4 is 28.7 Å². The zero-order chi connectivity index (χ0) is 12.8. The Morgan fingerprint density at radius 3 is 2.24 bits per heavy atom. The van der Waals surface area contributed by atoms with Crippen LogP contribution in [0.2, 0.25) is 0 Å². The third-order valence-electron chi connectivity index (χ3n) is 2.29. The molecule has 0 aromatic heterocycles. The third-order valence-corrected chi connectivity index (χ3v) is 2.70. The Labute approximate surface area is 107 Å². The van der Waals surface area contributed by atoms with Gasteiger partial charge in [-0.2, -0.15) is 0 Å². The van der Waals surface area contributed by atoms with Gasteiger partial charge in [0, 0.05) is 18.4 Å². The zero-order valence-corrected chi connectivity index (χ0v) is 11.0. The van der Waals surface area contributed by atoms with Crippen molar-refractivity contribution < 1.29 is 4.79 Å². The highest BCUT2D eigenvalue weighted by atomic mass is 32.1. The molecule has 0 saturated heterocycles. The van der Waals surface area contributed by atoms with Crippen molar-refractivity contribution in [1.82, 2.24) is 5.32 Å². The number of para-hydroxylation sites is 1. The van der Waals surface area contributed by atoms with Crippen molar-refractivity contribution in [2.45, 2.75) is 13.8 Å². The molecule has 0 spiro atoms. The van der Waals surface area contributed by atoms with Gasteiger partial charge in [0.2, 0.25) is 0 Å². The summed E-state index contributed by atoms with van der Waals surface area (Å²) < 4.78 is 0. The molecule has 0 aliphatic carbocycles. The summed E-state index contributed by atoms with van der Waals surface area (Å²) in [5.74, 6) is -0.0507. The average molecular weight is 248 g/mol. The first-order valence-electron chi connectivity index (χ1n) is 5.32.